The number of aromatic nitrogens is 1. The Hall–Kier alpha value is -1.95. The van der Waals surface area contributed by atoms with Crippen LogP contribution in [0.1, 0.15) is 34.7 Å². The second kappa shape index (κ2) is 4.92. The summed E-state index contributed by atoms with van der Waals surface area (Å²) < 4.78 is 0. The zero-order valence-electron chi connectivity index (χ0n) is 9.73. The van der Waals surface area contributed by atoms with Crippen LogP contribution < -0.4 is 11.1 Å². The molecule has 0 fully saturated rings. The predicted molar refractivity (Wildman–Crippen MR) is 61.4 cm³/mol. The summed E-state index contributed by atoms with van der Waals surface area (Å²) in [6.07, 6.45) is 1.38. The molecule has 6 nitrogen and oxygen atoms in total. The molecule has 1 aromatic heterocycles. The Balaban J connectivity index is 2.86. The monoisotopic (exact) mass is 237 g/mol. The van der Waals surface area contributed by atoms with Crippen LogP contribution in [0.15, 0.2) is 18.3 Å². The zero-order chi connectivity index (χ0) is 13.1. The van der Waals surface area contributed by atoms with Crippen LogP contribution in [0.5, 0.6) is 0 Å². The lowest BCUT2D eigenvalue weighted by molar-refractivity contribution is 0.0693. The molecule has 0 radical (unpaired) electrons. The summed E-state index contributed by atoms with van der Waals surface area (Å²) in [5.41, 5.74) is 4.10. The Kier molecular flexibility index (Phi) is 3.80. The highest BCUT2D eigenvalue weighted by atomic mass is 16.3. The van der Waals surface area contributed by atoms with Gasteiger partial charge in [-0.3, -0.25) is 14.6 Å². The molecule has 1 aromatic rings. The summed E-state index contributed by atoms with van der Waals surface area (Å²) >= 11 is 0. The lowest BCUT2D eigenvalue weighted by Crippen LogP contribution is -2.39. The van der Waals surface area contributed by atoms with E-state index in [1.807, 2.05) is 0 Å². The normalized spacial score (nSPS) is 11.0. The van der Waals surface area contributed by atoms with Crippen LogP contribution >= 0.6 is 0 Å². The van der Waals surface area contributed by atoms with Gasteiger partial charge in [-0.25, -0.2) is 0 Å². The molecule has 2 amide bonds. The second-order valence-electron chi connectivity index (χ2n) is 4.26. The Labute approximate surface area is 98.8 Å². The molecule has 0 saturated carbocycles. The summed E-state index contributed by atoms with van der Waals surface area (Å²) in [5.74, 6) is -1.26. The SMILES string of the molecule is CC(C)(O)CNC(=O)c1cccnc1C(N)=O. The molecule has 4 N–H and O–H groups in total. The Morgan fingerprint density at radius 2 is 2.18 bits per heavy atom. The number of pyridine rings is 1. The predicted octanol–water partition coefficient (Wildman–Crippen LogP) is -0.319. The number of hydrogen-bond acceptors (Lipinski definition) is 4. The van der Waals surface area contributed by atoms with E-state index in [-0.39, 0.29) is 17.8 Å². The summed E-state index contributed by atoms with van der Waals surface area (Å²) in [6.45, 7) is 3.19. The van der Waals surface area contributed by atoms with Gasteiger partial charge in [0.25, 0.3) is 11.8 Å². The van der Waals surface area contributed by atoms with Crippen molar-refractivity contribution in [3.05, 3.63) is 29.6 Å². The third-order valence-corrected chi connectivity index (χ3v) is 1.97. The van der Waals surface area contributed by atoms with Crippen LogP contribution in [-0.2, 0) is 0 Å². The number of aliphatic hydroxyl groups is 1. The van der Waals surface area contributed by atoms with Crippen molar-refractivity contribution in [2.24, 2.45) is 5.73 Å². The number of nitrogens with two attached hydrogens (primary N) is 1. The standard InChI is InChI=1S/C11H15N3O3/c1-11(2,17)6-14-10(16)7-4-3-5-13-8(7)9(12)15/h3-5,17H,6H2,1-2H3,(H2,12,15)(H,14,16). The zero-order valence-corrected chi connectivity index (χ0v) is 9.73. The first-order chi connectivity index (χ1) is 7.81. The fourth-order valence-corrected chi connectivity index (χ4v) is 1.18. The minimum atomic E-state index is -1.02. The number of primary amides is 1. The van der Waals surface area contributed by atoms with Gasteiger partial charge in [0.15, 0.2) is 0 Å². The molecule has 17 heavy (non-hydrogen) atoms. The molecule has 0 bridgehead atoms. The van der Waals surface area contributed by atoms with Gasteiger partial charge in [-0.15, -0.1) is 0 Å². The number of nitrogens with zero attached hydrogens (tertiary/aromatic N) is 1. The van der Waals surface area contributed by atoms with Crippen LogP contribution in [0.25, 0.3) is 0 Å². The van der Waals surface area contributed by atoms with Gasteiger partial charge < -0.3 is 16.2 Å². The van der Waals surface area contributed by atoms with Crippen molar-refractivity contribution >= 4 is 11.8 Å². The third-order valence-electron chi connectivity index (χ3n) is 1.97. The Morgan fingerprint density at radius 1 is 1.53 bits per heavy atom. The number of amides is 2. The van der Waals surface area contributed by atoms with Crippen LogP contribution in [0.2, 0.25) is 0 Å². The van der Waals surface area contributed by atoms with Gasteiger partial charge in [0.1, 0.15) is 5.69 Å². The molecule has 0 spiro atoms. The van der Waals surface area contributed by atoms with Crippen molar-refractivity contribution in [2.75, 3.05) is 6.54 Å². The van der Waals surface area contributed by atoms with E-state index in [9.17, 15) is 14.7 Å². The van der Waals surface area contributed by atoms with E-state index in [1.54, 1.807) is 13.8 Å². The van der Waals surface area contributed by atoms with Crippen LogP contribution in [0.4, 0.5) is 0 Å². The van der Waals surface area contributed by atoms with Crippen LogP contribution in [0.3, 0.4) is 0 Å². The number of rotatable bonds is 4. The largest absolute Gasteiger partial charge is 0.389 e. The molecule has 6 heteroatoms. The highest BCUT2D eigenvalue weighted by Crippen LogP contribution is 2.05. The van der Waals surface area contributed by atoms with E-state index in [4.69, 9.17) is 5.73 Å². The summed E-state index contributed by atoms with van der Waals surface area (Å²) in [5, 5.41) is 12.0. The Morgan fingerprint density at radius 3 is 2.71 bits per heavy atom. The molecule has 0 aromatic carbocycles. The lowest BCUT2D eigenvalue weighted by Gasteiger charge is -2.17. The van der Waals surface area contributed by atoms with Crippen LogP contribution in [0, 0.1) is 0 Å². The molecule has 0 saturated heterocycles. The fraction of sp³-hybridized carbons (Fsp3) is 0.364. The minimum absolute atomic E-state index is 0.0684. The van der Waals surface area contributed by atoms with E-state index in [2.05, 4.69) is 10.3 Å². The molecule has 0 unspecified atom stereocenters. The maximum absolute atomic E-state index is 11.7. The van der Waals surface area contributed by atoms with Crippen molar-refractivity contribution in [3.8, 4) is 0 Å². The molecule has 92 valence electrons. The fourth-order valence-electron chi connectivity index (χ4n) is 1.18. The average molecular weight is 237 g/mol. The summed E-state index contributed by atoms with van der Waals surface area (Å²) in [4.78, 5) is 26.6. The second-order valence-corrected chi connectivity index (χ2v) is 4.26. The Bertz CT molecular complexity index is 438. The molecule has 0 aliphatic rings. The number of carbonyl (C=O) groups excluding carboxylic acids is 2. The number of hydrogen-bond donors (Lipinski definition) is 3. The van der Waals surface area contributed by atoms with Crippen molar-refractivity contribution in [1.29, 1.82) is 0 Å². The number of carbonyl (C=O) groups is 2. The quantitative estimate of drug-likeness (QED) is 0.667. The molecular weight excluding hydrogens is 222 g/mol. The number of nitrogens with one attached hydrogen (secondary N) is 1. The van der Waals surface area contributed by atoms with Crippen LogP contribution in [-0.4, -0.2) is 34.1 Å². The molecule has 0 aliphatic heterocycles. The van der Waals surface area contributed by atoms with Crippen molar-refractivity contribution < 1.29 is 14.7 Å². The summed E-state index contributed by atoms with van der Waals surface area (Å²) in [6, 6.07) is 2.98. The molecule has 0 aliphatic carbocycles. The molecule has 0 atom stereocenters. The van der Waals surface area contributed by atoms with Crippen molar-refractivity contribution in [2.45, 2.75) is 19.4 Å². The van der Waals surface area contributed by atoms with Crippen molar-refractivity contribution in [1.82, 2.24) is 10.3 Å². The molecular formula is C11H15N3O3. The van der Waals surface area contributed by atoms with Crippen molar-refractivity contribution in [3.63, 3.8) is 0 Å². The molecule has 1 rings (SSSR count). The topological polar surface area (TPSA) is 105 Å². The average Bonchev–Trinajstić information content (AvgIpc) is 2.25. The van der Waals surface area contributed by atoms with E-state index >= 15 is 0 Å². The van der Waals surface area contributed by atoms with E-state index in [0.29, 0.717) is 0 Å². The van der Waals surface area contributed by atoms with Gasteiger partial charge >= 0.3 is 0 Å². The maximum Gasteiger partial charge on any atom is 0.268 e. The highest BCUT2D eigenvalue weighted by Gasteiger charge is 2.19. The van der Waals surface area contributed by atoms with Gasteiger partial charge in [0.05, 0.1) is 11.2 Å². The molecule has 1 heterocycles. The van der Waals surface area contributed by atoms with Gasteiger partial charge in [0.2, 0.25) is 0 Å². The lowest BCUT2D eigenvalue weighted by atomic mass is 10.1. The third kappa shape index (κ3) is 3.84. The van der Waals surface area contributed by atoms with Gasteiger partial charge in [-0.2, -0.15) is 0 Å². The van der Waals surface area contributed by atoms with E-state index in [0.717, 1.165) is 0 Å². The van der Waals surface area contributed by atoms with E-state index < -0.39 is 17.4 Å². The first-order valence-electron chi connectivity index (χ1n) is 5.06. The van der Waals surface area contributed by atoms with Gasteiger partial charge in [-0.05, 0) is 26.0 Å². The first-order valence-corrected chi connectivity index (χ1v) is 5.06. The van der Waals surface area contributed by atoms with E-state index in [1.165, 1.54) is 18.3 Å². The summed E-state index contributed by atoms with van der Waals surface area (Å²) in [7, 11) is 0. The minimum Gasteiger partial charge on any atom is -0.389 e. The van der Waals surface area contributed by atoms with Gasteiger partial charge in [-0.1, -0.05) is 0 Å². The smallest absolute Gasteiger partial charge is 0.268 e. The highest BCUT2D eigenvalue weighted by molar-refractivity contribution is 6.05. The maximum atomic E-state index is 11.7. The first kappa shape index (κ1) is 13.1. The van der Waals surface area contributed by atoms with Gasteiger partial charge in [0, 0.05) is 12.7 Å².